The molecule has 0 fully saturated rings. The highest BCUT2D eigenvalue weighted by molar-refractivity contribution is 6.32. The van der Waals surface area contributed by atoms with Gasteiger partial charge in [-0.25, -0.2) is 4.39 Å². The summed E-state index contributed by atoms with van der Waals surface area (Å²) in [4.78, 5) is 10.0. The van der Waals surface area contributed by atoms with Crippen LogP contribution in [0.15, 0.2) is 36.4 Å². The van der Waals surface area contributed by atoms with E-state index in [1.54, 1.807) is 6.07 Å². The lowest BCUT2D eigenvalue weighted by atomic mass is 10.2. The fourth-order valence-electron chi connectivity index (χ4n) is 1.50. The van der Waals surface area contributed by atoms with E-state index in [2.05, 4.69) is 0 Å². The van der Waals surface area contributed by atoms with Crippen molar-refractivity contribution in [2.45, 2.75) is 0 Å². The van der Waals surface area contributed by atoms with E-state index in [1.165, 1.54) is 24.3 Å². The Labute approximate surface area is 117 Å². The zero-order chi connectivity index (χ0) is 14.7. The minimum absolute atomic E-state index is 0.0134. The lowest BCUT2D eigenvalue weighted by Crippen LogP contribution is -1.92. The molecule has 2 aromatic rings. The Morgan fingerprint density at radius 3 is 2.65 bits per heavy atom. The summed E-state index contributed by atoms with van der Waals surface area (Å²) in [5.74, 6) is -0.210. The summed E-state index contributed by atoms with van der Waals surface area (Å²) in [5.41, 5.74) is -0.238. The second-order valence-electron chi connectivity index (χ2n) is 3.72. The average molecular weight is 293 g/mol. The van der Waals surface area contributed by atoms with Crippen LogP contribution >= 0.6 is 11.6 Å². The van der Waals surface area contributed by atoms with Gasteiger partial charge in [-0.1, -0.05) is 11.6 Å². The van der Waals surface area contributed by atoms with Crippen molar-refractivity contribution >= 4 is 17.3 Å². The highest BCUT2D eigenvalue weighted by Crippen LogP contribution is 2.32. The molecule has 2 rings (SSSR count). The number of nitro benzene ring substituents is 1. The number of nitriles is 1. The molecule has 2 aromatic carbocycles. The number of nitrogens with zero attached hydrogens (tertiary/aromatic N) is 2. The standard InChI is InChI=1S/C13H6ClFN2O3/c14-11-6-10(2-3-12(11)17(18)19)20-13-4-1-9(15)5-8(13)7-16/h1-6H. The van der Waals surface area contributed by atoms with Crippen molar-refractivity contribution in [3.05, 3.63) is 62.9 Å². The van der Waals surface area contributed by atoms with Gasteiger partial charge in [-0.05, 0) is 24.3 Å². The van der Waals surface area contributed by atoms with Crippen LogP contribution in [0.5, 0.6) is 11.5 Å². The van der Waals surface area contributed by atoms with Crippen molar-refractivity contribution in [1.82, 2.24) is 0 Å². The number of rotatable bonds is 3. The monoisotopic (exact) mass is 292 g/mol. The van der Waals surface area contributed by atoms with Gasteiger partial charge in [0.2, 0.25) is 0 Å². The van der Waals surface area contributed by atoms with E-state index in [-0.39, 0.29) is 27.8 Å². The predicted octanol–water partition coefficient (Wildman–Crippen LogP) is 4.05. The normalized spacial score (nSPS) is 9.85. The number of halogens is 2. The van der Waals surface area contributed by atoms with Gasteiger partial charge in [-0.2, -0.15) is 5.26 Å². The molecule has 0 heterocycles. The maximum atomic E-state index is 13.0. The van der Waals surface area contributed by atoms with Gasteiger partial charge >= 0.3 is 0 Å². The molecule has 0 saturated carbocycles. The van der Waals surface area contributed by atoms with Gasteiger partial charge < -0.3 is 4.74 Å². The molecule has 0 bridgehead atoms. The number of benzene rings is 2. The van der Waals surface area contributed by atoms with Gasteiger partial charge in [0.1, 0.15) is 28.4 Å². The van der Waals surface area contributed by atoms with Gasteiger partial charge in [0.25, 0.3) is 5.69 Å². The molecule has 0 N–H and O–H groups in total. The lowest BCUT2D eigenvalue weighted by Gasteiger charge is -2.07. The van der Waals surface area contributed by atoms with Crippen LogP contribution in [-0.2, 0) is 0 Å². The minimum Gasteiger partial charge on any atom is -0.456 e. The molecule has 0 amide bonds. The Balaban J connectivity index is 2.34. The van der Waals surface area contributed by atoms with Gasteiger partial charge in [0.05, 0.1) is 10.5 Å². The average Bonchev–Trinajstić information content (AvgIpc) is 2.40. The van der Waals surface area contributed by atoms with Crippen molar-refractivity contribution in [3.8, 4) is 17.6 Å². The third-order valence-corrected chi connectivity index (χ3v) is 2.71. The molecule has 20 heavy (non-hydrogen) atoms. The Bertz CT molecular complexity index is 728. The van der Waals surface area contributed by atoms with E-state index in [9.17, 15) is 14.5 Å². The highest BCUT2D eigenvalue weighted by atomic mass is 35.5. The predicted molar refractivity (Wildman–Crippen MR) is 69.3 cm³/mol. The zero-order valence-electron chi connectivity index (χ0n) is 9.84. The smallest absolute Gasteiger partial charge is 0.288 e. The summed E-state index contributed by atoms with van der Waals surface area (Å²) >= 11 is 5.74. The first-order valence-corrected chi connectivity index (χ1v) is 5.70. The maximum absolute atomic E-state index is 13.0. The largest absolute Gasteiger partial charge is 0.456 e. The summed E-state index contributed by atoms with van der Waals surface area (Å²) < 4.78 is 18.4. The molecule has 0 aromatic heterocycles. The Hall–Kier alpha value is -2.65. The topological polar surface area (TPSA) is 76.2 Å². The van der Waals surface area contributed by atoms with Crippen LogP contribution < -0.4 is 4.74 Å². The van der Waals surface area contributed by atoms with E-state index < -0.39 is 10.7 Å². The minimum atomic E-state index is -0.620. The molecule has 100 valence electrons. The SMILES string of the molecule is N#Cc1cc(F)ccc1Oc1ccc([N+](=O)[O-])c(Cl)c1. The van der Waals surface area contributed by atoms with Crippen LogP contribution in [0.3, 0.4) is 0 Å². The van der Waals surface area contributed by atoms with Crippen LogP contribution in [0.4, 0.5) is 10.1 Å². The number of hydrogen-bond donors (Lipinski definition) is 0. The van der Waals surface area contributed by atoms with E-state index in [0.29, 0.717) is 0 Å². The number of ether oxygens (including phenoxy) is 1. The molecule has 0 radical (unpaired) electrons. The second kappa shape index (κ2) is 5.55. The third-order valence-electron chi connectivity index (χ3n) is 2.41. The van der Waals surface area contributed by atoms with E-state index >= 15 is 0 Å². The van der Waals surface area contributed by atoms with Crippen molar-refractivity contribution in [2.24, 2.45) is 0 Å². The Morgan fingerprint density at radius 1 is 1.30 bits per heavy atom. The van der Waals surface area contributed by atoms with Crippen LogP contribution in [-0.4, -0.2) is 4.92 Å². The maximum Gasteiger partial charge on any atom is 0.288 e. The van der Waals surface area contributed by atoms with E-state index in [1.807, 2.05) is 0 Å². The van der Waals surface area contributed by atoms with Crippen molar-refractivity contribution in [3.63, 3.8) is 0 Å². The third kappa shape index (κ3) is 2.84. The molecule has 0 atom stereocenters. The van der Waals surface area contributed by atoms with Crippen molar-refractivity contribution < 1.29 is 14.1 Å². The van der Waals surface area contributed by atoms with Crippen molar-refractivity contribution in [1.29, 1.82) is 5.26 Å². The summed E-state index contributed by atoms with van der Waals surface area (Å²) in [6.07, 6.45) is 0. The Morgan fingerprint density at radius 2 is 2.05 bits per heavy atom. The highest BCUT2D eigenvalue weighted by Gasteiger charge is 2.14. The molecule has 0 aliphatic rings. The van der Waals surface area contributed by atoms with Gasteiger partial charge in [0, 0.05) is 12.1 Å². The van der Waals surface area contributed by atoms with Crippen LogP contribution in [0, 0.1) is 27.3 Å². The van der Waals surface area contributed by atoms with E-state index in [4.69, 9.17) is 21.6 Å². The van der Waals surface area contributed by atoms with Crippen LogP contribution in [0.25, 0.3) is 0 Å². The molecule has 0 aliphatic heterocycles. The van der Waals surface area contributed by atoms with Gasteiger partial charge in [0.15, 0.2) is 0 Å². The molecular formula is C13H6ClFN2O3. The van der Waals surface area contributed by atoms with Gasteiger partial charge in [-0.15, -0.1) is 0 Å². The van der Waals surface area contributed by atoms with Crippen LogP contribution in [0.1, 0.15) is 5.56 Å². The molecule has 0 aliphatic carbocycles. The number of nitro groups is 1. The first kappa shape index (κ1) is 13.8. The fourth-order valence-corrected chi connectivity index (χ4v) is 1.74. The summed E-state index contributed by atoms with van der Waals surface area (Å²) in [6, 6.07) is 9.05. The van der Waals surface area contributed by atoms with Gasteiger partial charge in [-0.3, -0.25) is 10.1 Å². The quantitative estimate of drug-likeness (QED) is 0.631. The lowest BCUT2D eigenvalue weighted by molar-refractivity contribution is -0.384. The molecule has 0 spiro atoms. The van der Waals surface area contributed by atoms with Crippen molar-refractivity contribution in [2.75, 3.05) is 0 Å². The number of hydrogen-bond acceptors (Lipinski definition) is 4. The summed E-state index contributed by atoms with van der Waals surface area (Å²) in [7, 11) is 0. The zero-order valence-corrected chi connectivity index (χ0v) is 10.6. The second-order valence-corrected chi connectivity index (χ2v) is 4.13. The van der Waals surface area contributed by atoms with E-state index in [0.717, 1.165) is 12.1 Å². The summed E-state index contributed by atoms with van der Waals surface area (Å²) in [6.45, 7) is 0. The first-order chi connectivity index (χ1) is 9.51. The molecular weight excluding hydrogens is 287 g/mol. The summed E-state index contributed by atoms with van der Waals surface area (Å²) in [5, 5.41) is 19.4. The molecule has 5 nitrogen and oxygen atoms in total. The van der Waals surface area contributed by atoms with Crippen LogP contribution in [0.2, 0.25) is 5.02 Å². The molecule has 0 unspecified atom stereocenters. The Kier molecular flexibility index (Phi) is 3.82. The fraction of sp³-hybridized carbons (Fsp3) is 0. The molecule has 0 saturated heterocycles. The first-order valence-electron chi connectivity index (χ1n) is 5.32. The molecule has 7 heteroatoms.